The van der Waals surface area contributed by atoms with Crippen LogP contribution in [0.4, 0.5) is 0 Å². The highest BCUT2D eigenvalue weighted by atomic mass is 35.5. The summed E-state index contributed by atoms with van der Waals surface area (Å²) in [5.41, 5.74) is 2.01. The molecule has 0 spiro atoms. The Labute approximate surface area is 98.9 Å². The first-order valence-corrected chi connectivity index (χ1v) is 6.03. The number of rotatable bonds is 3. The molecule has 1 heterocycles. The lowest BCUT2D eigenvalue weighted by Gasteiger charge is -2.28. The molecule has 0 bridgehead atoms. The van der Waals surface area contributed by atoms with Crippen molar-refractivity contribution in [3.8, 4) is 0 Å². The minimum absolute atomic E-state index is 0.104. The summed E-state index contributed by atoms with van der Waals surface area (Å²) < 4.78 is 0. The zero-order valence-electron chi connectivity index (χ0n) is 9.30. The van der Waals surface area contributed by atoms with Crippen molar-refractivity contribution >= 4 is 28.8 Å². The predicted molar refractivity (Wildman–Crippen MR) is 63.7 cm³/mol. The molecule has 84 valence electrons. The van der Waals surface area contributed by atoms with Gasteiger partial charge < -0.3 is 5.32 Å². The number of thiazole rings is 1. The van der Waals surface area contributed by atoms with E-state index in [1.54, 1.807) is 5.51 Å². The van der Waals surface area contributed by atoms with Gasteiger partial charge in [0.05, 0.1) is 22.1 Å². The number of hydrogen-bond acceptors (Lipinski definition) is 3. The number of halogens is 1. The number of amides is 1. The number of alkyl halides is 1. The summed E-state index contributed by atoms with van der Waals surface area (Å²) in [4.78, 5) is 16.5. The van der Waals surface area contributed by atoms with Gasteiger partial charge in [0.1, 0.15) is 4.88 Å². The number of aryl methyl sites for hydroxylation is 1. The second-order valence-corrected chi connectivity index (χ2v) is 5.57. The number of nitrogens with zero attached hydrogens (tertiary/aromatic N) is 1. The van der Waals surface area contributed by atoms with Gasteiger partial charge in [0.25, 0.3) is 5.91 Å². The summed E-state index contributed by atoms with van der Waals surface area (Å²) in [6.07, 6.45) is 0. The molecular weight excluding hydrogens is 232 g/mol. The van der Waals surface area contributed by atoms with E-state index in [1.807, 2.05) is 27.7 Å². The van der Waals surface area contributed by atoms with Crippen LogP contribution >= 0.6 is 22.9 Å². The molecule has 1 atom stereocenters. The van der Waals surface area contributed by atoms with Crippen LogP contribution in [0.5, 0.6) is 0 Å². The van der Waals surface area contributed by atoms with Gasteiger partial charge in [0.2, 0.25) is 0 Å². The van der Waals surface area contributed by atoms with Crippen LogP contribution in [-0.2, 0) is 0 Å². The molecule has 0 aliphatic rings. The van der Waals surface area contributed by atoms with Crippen LogP contribution in [0.15, 0.2) is 5.51 Å². The summed E-state index contributed by atoms with van der Waals surface area (Å²) in [6.45, 7) is 7.49. The largest absolute Gasteiger partial charge is 0.345 e. The lowest BCUT2D eigenvalue weighted by atomic mass is 10.0. The molecule has 1 unspecified atom stereocenters. The number of hydrogen-bond donors (Lipinski definition) is 1. The van der Waals surface area contributed by atoms with Crippen LogP contribution in [0.3, 0.4) is 0 Å². The zero-order valence-corrected chi connectivity index (χ0v) is 10.9. The normalized spacial score (nSPS) is 13.7. The molecule has 0 saturated heterocycles. The third kappa shape index (κ3) is 2.92. The number of nitrogens with one attached hydrogen (secondary N) is 1. The zero-order chi connectivity index (χ0) is 11.6. The van der Waals surface area contributed by atoms with Crippen LogP contribution in [0.2, 0.25) is 0 Å². The first-order chi connectivity index (χ1) is 6.84. The number of carbonyl (C=O) groups excluding carboxylic acids is 1. The van der Waals surface area contributed by atoms with Gasteiger partial charge in [-0.2, -0.15) is 0 Å². The first kappa shape index (κ1) is 12.5. The molecule has 0 fully saturated rings. The van der Waals surface area contributed by atoms with Crippen molar-refractivity contribution in [1.29, 1.82) is 0 Å². The molecule has 0 saturated carbocycles. The van der Waals surface area contributed by atoms with Crippen LogP contribution in [0, 0.1) is 6.92 Å². The van der Waals surface area contributed by atoms with Gasteiger partial charge in [-0.15, -0.1) is 22.9 Å². The third-order valence-electron chi connectivity index (χ3n) is 2.38. The maximum Gasteiger partial charge on any atom is 0.263 e. The Morgan fingerprint density at radius 1 is 1.67 bits per heavy atom. The average Bonchev–Trinajstić information content (AvgIpc) is 2.50. The lowest BCUT2D eigenvalue weighted by molar-refractivity contribution is 0.0916. The van der Waals surface area contributed by atoms with Gasteiger partial charge in [0.15, 0.2) is 0 Å². The SMILES string of the molecule is Cc1ncsc1C(=O)NC(C)(C)C(C)Cl. The molecule has 15 heavy (non-hydrogen) atoms. The molecule has 1 N–H and O–H groups in total. The molecule has 0 radical (unpaired) electrons. The highest BCUT2D eigenvalue weighted by Crippen LogP contribution is 2.18. The Morgan fingerprint density at radius 2 is 2.27 bits per heavy atom. The second-order valence-electron chi connectivity index (χ2n) is 4.06. The molecule has 0 aromatic carbocycles. The maximum absolute atomic E-state index is 11.8. The van der Waals surface area contributed by atoms with Gasteiger partial charge in [-0.25, -0.2) is 4.98 Å². The lowest BCUT2D eigenvalue weighted by Crippen LogP contribution is -2.48. The smallest absolute Gasteiger partial charge is 0.263 e. The van der Waals surface area contributed by atoms with Crippen LogP contribution in [0.25, 0.3) is 0 Å². The van der Waals surface area contributed by atoms with Crippen molar-refractivity contribution in [1.82, 2.24) is 10.3 Å². The fourth-order valence-corrected chi connectivity index (χ4v) is 1.72. The first-order valence-electron chi connectivity index (χ1n) is 4.71. The van der Waals surface area contributed by atoms with Gasteiger partial charge >= 0.3 is 0 Å². The van der Waals surface area contributed by atoms with Crippen molar-refractivity contribution in [2.75, 3.05) is 0 Å². The molecule has 1 amide bonds. The average molecular weight is 247 g/mol. The molecule has 1 aromatic heterocycles. The molecule has 0 aliphatic heterocycles. The Morgan fingerprint density at radius 3 is 2.67 bits per heavy atom. The number of carbonyl (C=O) groups is 1. The standard InChI is InChI=1S/C10H15ClN2OS/c1-6-8(15-5-12-6)9(14)13-10(3,4)7(2)11/h5,7H,1-4H3,(H,13,14). The number of aromatic nitrogens is 1. The van der Waals surface area contributed by atoms with E-state index in [4.69, 9.17) is 11.6 Å². The second kappa shape index (κ2) is 4.49. The summed E-state index contributed by atoms with van der Waals surface area (Å²) in [6, 6.07) is 0. The highest BCUT2D eigenvalue weighted by Gasteiger charge is 2.27. The van der Waals surface area contributed by atoms with Crippen molar-refractivity contribution in [3.63, 3.8) is 0 Å². The summed E-state index contributed by atoms with van der Waals surface area (Å²) in [5.74, 6) is -0.104. The van der Waals surface area contributed by atoms with Crippen LogP contribution < -0.4 is 5.32 Å². The van der Waals surface area contributed by atoms with E-state index in [-0.39, 0.29) is 11.3 Å². The van der Waals surface area contributed by atoms with E-state index in [0.717, 1.165) is 5.69 Å². The third-order valence-corrected chi connectivity index (χ3v) is 3.85. The van der Waals surface area contributed by atoms with Gasteiger partial charge in [-0.3, -0.25) is 4.79 Å². The fraction of sp³-hybridized carbons (Fsp3) is 0.600. The molecule has 1 rings (SSSR count). The highest BCUT2D eigenvalue weighted by molar-refractivity contribution is 7.11. The summed E-state index contributed by atoms with van der Waals surface area (Å²) in [7, 11) is 0. The molecule has 5 heteroatoms. The summed E-state index contributed by atoms with van der Waals surface area (Å²) >= 11 is 7.33. The van der Waals surface area contributed by atoms with E-state index in [9.17, 15) is 4.79 Å². The van der Waals surface area contributed by atoms with Gasteiger partial charge in [-0.1, -0.05) is 0 Å². The molecule has 1 aromatic rings. The Hall–Kier alpha value is -0.610. The van der Waals surface area contributed by atoms with E-state index < -0.39 is 5.54 Å². The van der Waals surface area contributed by atoms with E-state index in [1.165, 1.54) is 11.3 Å². The fourth-order valence-electron chi connectivity index (χ4n) is 0.969. The monoisotopic (exact) mass is 246 g/mol. The maximum atomic E-state index is 11.8. The van der Waals surface area contributed by atoms with E-state index in [2.05, 4.69) is 10.3 Å². The van der Waals surface area contributed by atoms with Crippen molar-refractivity contribution in [2.24, 2.45) is 0 Å². The topological polar surface area (TPSA) is 42.0 Å². The van der Waals surface area contributed by atoms with Crippen molar-refractivity contribution < 1.29 is 4.79 Å². The Balaban J connectivity index is 2.77. The molecular formula is C10H15ClN2OS. The quantitative estimate of drug-likeness (QED) is 0.833. The molecule has 3 nitrogen and oxygen atoms in total. The van der Waals surface area contributed by atoms with Crippen LogP contribution in [0.1, 0.15) is 36.1 Å². The van der Waals surface area contributed by atoms with E-state index in [0.29, 0.717) is 4.88 Å². The van der Waals surface area contributed by atoms with E-state index >= 15 is 0 Å². The van der Waals surface area contributed by atoms with Crippen molar-refractivity contribution in [3.05, 3.63) is 16.1 Å². The Kier molecular flexibility index (Phi) is 3.73. The minimum atomic E-state index is -0.422. The van der Waals surface area contributed by atoms with Crippen molar-refractivity contribution in [2.45, 2.75) is 38.6 Å². The molecule has 0 aliphatic carbocycles. The van der Waals surface area contributed by atoms with Crippen LogP contribution in [-0.4, -0.2) is 21.8 Å². The van der Waals surface area contributed by atoms with Gasteiger partial charge in [0, 0.05) is 0 Å². The predicted octanol–water partition coefficient (Wildman–Crippen LogP) is 2.59. The van der Waals surface area contributed by atoms with Gasteiger partial charge in [-0.05, 0) is 27.7 Å². The summed E-state index contributed by atoms with van der Waals surface area (Å²) in [5, 5.41) is 2.77. The Bertz CT molecular complexity index is 360. The minimum Gasteiger partial charge on any atom is -0.345 e.